The van der Waals surface area contributed by atoms with Gasteiger partial charge in [-0.25, -0.2) is 0 Å². The molecule has 0 aromatic carbocycles. The largest absolute Gasteiger partial charge is 0.480 e. The number of nitro groups is 1. The van der Waals surface area contributed by atoms with Crippen LogP contribution in [0.5, 0.6) is 0 Å². The van der Waals surface area contributed by atoms with Crippen molar-refractivity contribution in [2.24, 2.45) is 5.92 Å². The summed E-state index contributed by atoms with van der Waals surface area (Å²) in [6.07, 6.45) is 5.34. The Kier molecular flexibility index (Phi) is 5.86. The predicted octanol–water partition coefficient (Wildman–Crippen LogP) is 1.09. The van der Waals surface area contributed by atoms with Crippen LogP contribution in [-0.2, 0) is 16.1 Å². The highest BCUT2D eigenvalue weighted by molar-refractivity contribution is 5.93. The molecule has 2 N–H and O–H groups in total. The summed E-state index contributed by atoms with van der Waals surface area (Å²) in [7, 11) is 0. The molecule has 1 fully saturated rings. The summed E-state index contributed by atoms with van der Waals surface area (Å²) in [5.41, 5.74) is 0.305. The second kappa shape index (κ2) is 8.50. The fourth-order valence-electron chi connectivity index (χ4n) is 3.23. The first-order valence-corrected chi connectivity index (χ1v) is 8.91. The third-order valence-corrected chi connectivity index (χ3v) is 4.63. The van der Waals surface area contributed by atoms with Crippen molar-refractivity contribution in [1.29, 1.82) is 0 Å². The molecule has 1 amide bonds. The van der Waals surface area contributed by atoms with E-state index in [2.05, 4.69) is 10.3 Å². The molecule has 0 aliphatic carbocycles. The molecule has 0 saturated carbocycles. The Bertz CT molecular complexity index is 1000. The van der Waals surface area contributed by atoms with Gasteiger partial charge in [0, 0.05) is 31.4 Å². The van der Waals surface area contributed by atoms with Gasteiger partial charge in [0.2, 0.25) is 5.91 Å². The van der Waals surface area contributed by atoms with E-state index in [-0.39, 0.29) is 17.5 Å². The van der Waals surface area contributed by atoms with Crippen molar-refractivity contribution >= 4 is 28.9 Å². The SMILES string of the molecule is O=C(O)Cn1cc(NC(=O)C2CCCN(c3cncc([N+](=O)[O-])c3)C2)ccc1=O. The van der Waals surface area contributed by atoms with E-state index in [4.69, 9.17) is 5.11 Å². The molecule has 11 heteroatoms. The number of hydrogen-bond acceptors (Lipinski definition) is 7. The molecule has 29 heavy (non-hydrogen) atoms. The normalized spacial score (nSPS) is 16.3. The Morgan fingerprint density at radius 1 is 1.34 bits per heavy atom. The van der Waals surface area contributed by atoms with Crippen LogP contribution in [0.2, 0.25) is 0 Å². The fourth-order valence-corrected chi connectivity index (χ4v) is 3.23. The maximum absolute atomic E-state index is 12.7. The number of aromatic nitrogens is 2. The monoisotopic (exact) mass is 401 g/mol. The minimum absolute atomic E-state index is 0.116. The molecule has 1 unspecified atom stereocenters. The number of rotatable bonds is 6. The van der Waals surface area contributed by atoms with Gasteiger partial charge in [0.1, 0.15) is 12.7 Å². The molecule has 2 aromatic rings. The highest BCUT2D eigenvalue weighted by atomic mass is 16.6. The first-order valence-electron chi connectivity index (χ1n) is 8.91. The van der Waals surface area contributed by atoms with Gasteiger partial charge in [0.25, 0.3) is 11.2 Å². The number of pyridine rings is 2. The molecule has 2 aromatic heterocycles. The summed E-state index contributed by atoms with van der Waals surface area (Å²) in [4.78, 5) is 51.4. The average molecular weight is 401 g/mol. The van der Waals surface area contributed by atoms with Gasteiger partial charge >= 0.3 is 5.97 Å². The van der Waals surface area contributed by atoms with Crippen LogP contribution in [0.4, 0.5) is 17.1 Å². The average Bonchev–Trinajstić information content (AvgIpc) is 2.70. The van der Waals surface area contributed by atoms with Crippen molar-refractivity contribution in [2.45, 2.75) is 19.4 Å². The number of aliphatic carboxylic acids is 1. The van der Waals surface area contributed by atoms with Gasteiger partial charge in [0.15, 0.2) is 0 Å². The number of piperidine rings is 1. The van der Waals surface area contributed by atoms with Crippen molar-refractivity contribution in [2.75, 3.05) is 23.3 Å². The van der Waals surface area contributed by atoms with E-state index in [1.54, 1.807) is 0 Å². The summed E-state index contributed by atoms with van der Waals surface area (Å²) in [5.74, 6) is -1.81. The molecule has 0 spiro atoms. The Morgan fingerprint density at radius 3 is 2.86 bits per heavy atom. The van der Waals surface area contributed by atoms with E-state index in [1.807, 2.05) is 4.90 Å². The number of carboxylic acid groups (broad SMARTS) is 1. The van der Waals surface area contributed by atoms with Crippen LogP contribution in [0.1, 0.15) is 12.8 Å². The maximum Gasteiger partial charge on any atom is 0.323 e. The Morgan fingerprint density at radius 2 is 2.14 bits per heavy atom. The predicted molar refractivity (Wildman–Crippen MR) is 103 cm³/mol. The molecule has 3 heterocycles. The van der Waals surface area contributed by atoms with E-state index in [1.165, 1.54) is 36.8 Å². The molecular formula is C18H19N5O6. The lowest BCUT2D eigenvalue weighted by molar-refractivity contribution is -0.385. The Balaban J connectivity index is 1.70. The standard InChI is InChI=1S/C18H19N5O6/c24-16-4-3-13(10-22(16)11-17(25)26)20-18(27)12-2-1-5-21(9-12)14-6-15(23(28)29)8-19-7-14/h3-4,6-8,10,12H,1-2,5,9,11H2,(H,20,27)(H,25,26). The van der Waals surface area contributed by atoms with Crippen LogP contribution in [-0.4, -0.2) is 44.5 Å². The third kappa shape index (κ3) is 4.94. The fraction of sp³-hybridized carbons (Fsp3) is 0.333. The van der Waals surface area contributed by atoms with E-state index >= 15 is 0 Å². The summed E-state index contributed by atoms with van der Waals surface area (Å²) >= 11 is 0. The topological polar surface area (TPSA) is 148 Å². The number of hydrogen-bond donors (Lipinski definition) is 2. The molecule has 0 radical (unpaired) electrons. The van der Waals surface area contributed by atoms with E-state index in [0.29, 0.717) is 30.9 Å². The van der Waals surface area contributed by atoms with E-state index < -0.39 is 23.0 Å². The quantitative estimate of drug-likeness (QED) is 0.540. The van der Waals surface area contributed by atoms with Gasteiger partial charge in [-0.15, -0.1) is 0 Å². The highest BCUT2D eigenvalue weighted by Crippen LogP contribution is 2.26. The highest BCUT2D eigenvalue weighted by Gasteiger charge is 2.27. The number of anilines is 2. The molecule has 3 rings (SSSR count). The van der Waals surface area contributed by atoms with Crippen molar-refractivity contribution in [3.8, 4) is 0 Å². The first-order chi connectivity index (χ1) is 13.8. The zero-order chi connectivity index (χ0) is 21.0. The molecule has 11 nitrogen and oxygen atoms in total. The molecule has 152 valence electrons. The van der Waals surface area contributed by atoms with E-state index in [0.717, 1.165) is 11.0 Å². The zero-order valence-corrected chi connectivity index (χ0v) is 15.4. The lowest BCUT2D eigenvalue weighted by Gasteiger charge is -2.33. The lowest BCUT2D eigenvalue weighted by atomic mass is 9.96. The minimum atomic E-state index is -1.16. The molecular weight excluding hydrogens is 382 g/mol. The molecule has 0 bridgehead atoms. The number of carbonyl (C=O) groups excluding carboxylic acids is 1. The second-order valence-electron chi connectivity index (χ2n) is 6.71. The Hall–Kier alpha value is -3.76. The molecule has 1 atom stereocenters. The van der Waals surface area contributed by atoms with Gasteiger partial charge in [0.05, 0.1) is 28.4 Å². The van der Waals surface area contributed by atoms with Gasteiger partial charge in [-0.2, -0.15) is 0 Å². The smallest absolute Gasteiger partial charge is 0.323 e. The van der Waals surface area contributed by atoms with Crippen molar-refractivity contribution in [3.63, 3.8) is 0 Å². The third-order valence-electron chi connectivity index (χ3n) is 4.63. The maximum atomic E-state index is 12.7. The number of nitrogens with one attached hydrogen (secondary N) is 1. The van der Waals surface area contributed by atoms with Crippen LogP contribution in [0.25, 0.3) is 0 Å². The lowest BCUT2D eigenvalue weighted by Crippen LogP contribution is -2.41. The molecule has 1 aliphatic heterocycles. The van der Waals surface area contributed by atoms with Gasteiger partial charge in [-0.3, -0.25) is 29.5 Å². The first kappa shape index (κ1) is 20.0. The van der Waals surface area contributed by atoms with Crippen LogP contribution in [0, 0.1) is 16.0 Å². The van der Waals surface area contributed by atoms with Crippen molar-refractivity contribution in [1.82, 2.24) is 9.55 Å². The van der Waals surface area contributed by atoms with Gasteiger partial charge in [-0.1, -0.05) is 0 Å². The van der Waals surface area contributed by atoms with Crippen molar-refractivity contribution < 1.29 is 19.6 Å². The van der Waals surface area contributed by atoms with E-state index in [9.17, 15) is 24.5 Å². The summed E-state index contributed by atoms with van der Waals surface area (Å²) in [6.45, 7) is 0.513. The minimum Gasteiger partial charge on any atom is -0.480 e. The molecule has 1 saturated heterocycles. The zero-order valence-electron chi connectivity index (χ0n) is 15.4. The molecule has 1 aliphatic rings. The number of nitrogens with zero attached hydrogens (tertiary/aromatic N) is 4. The summed E-state index contributed by atoms with van der Waals surface area (Å²) < 4.78 is 1.000. The Labute approximate surface area is 164 Å². The van der Waals surface area contributed by atoms with Gasteiger partial charge < -0.3 is 19.9 Å². The van der Waals surface area contributed by atoms with Crippen LogP contribution in [0.3, 0.4) is 0 Å². The van der Waals surface area contributed by atoms with Crippen LogP contribution < -0.4 is 15.8 Å². The summed E-state index contributed by atoms with van der Waals surface area (Å²) in [6, 6.07) is 4.04. The number of carbonyl (C=O) groups is 2. The number of amides is 1. The summed E-state index contributed by atoms with van der Waals surface area (Å²) in [5, 5.41) is 22.5. The van der Waals surface area contributed by atoms with Gasteiger partial charge in [-0.05, 0) is 18.9 Å². The number of carboxylic acids is 1. The van der Waals surface area contributed by atoms with Crippen LogP contribution in [0.15, 0.2) is 41.6 Å². The van der Waals surface area contributed by atoms with Crippen molar-refractivity contribution in [3.05, 3.63) is 57.3 Å². The van der Waals surface area contributed by atoms with Crippen LogP contribution >= 0.6 is 0 Å². The second-order valence-corrected chi connectivity index (χ2v) is 6.71.